The van der Waals surface area contributed by atoms with Gasteiger partial charge in [0.15, 0.2) is 5.13 Å². The lowest BCUT2D eigenvalue weighted by Gasteiger charge is -2.07. The van der Waals surface area contributed by atoms with Crippen molar-refractivity contribution in [3.8, 4) is 0 Å². The Morgan fingerprint density at radius 1 is 1.32 bits per heavy atom. The van der Waals surface area contributed by atoms with E-state index in [4.69, 9.17) is 23.2 Å². The smallest absolute Gasteiger partial charge is 0.271 e. The van der Waals surface area contributed by atoms with Crippen molar-refractivity contribution in [2.75, 3.05) is 32.5 Å². The second kappa shape index (κ2) is 7.78. The van der Waals surface area contributed by atoms with Gasteiger partial charge in [0.05, 0.1) is 37.2 Å². The predicted molar refractivity (Wildman–Crippen MR) is 91.9 cm³/mol. The highest BCUT2D eigenvalue weighted by molar-refractivity contribution is 7.14. The normalized spacial score (nSPS) is 10.8. The van der Waals surface area contributed by atoms with Gasteiger partial charge in [-0.2, -0.15) is 0 Å². The number of hydrogen-bond acceptors (Lipinski definition) is 4. The Kier molecular flexibility index (Phi) is 6.02. The molecule has 0 unspecified atom stereocenters. The summed E-state index contributed by atoms with van der Waals surface area (Å²) in [6.45, 7) is 1.48. The van der Waals surface area contributed by atoms with Crippen LogP contribution >= 0.6 is 34.5 Å². The molecule has 1 aromatic carbocycles. The zero-order valence-corrected chi connectivity index (χ0v) is 14.6. The third-order valence-corrected chi connectivity index (χ3v) is 4.32. The Labute approximate surface area is 143 Å². The molecular weight excluding hydrogens is 343 g/mol. The monoisotopic (exact) mass is 359 g/mol. The lowest BCUT2D eigenvalue weighted by molar-refractivity contribution is -0.856. The summed E-state index contributed by atoms with van der Waals surface area (Å²) >= 11 is 13.2. The van der Waals surface area contributed by atoms with Gasteiger partial charge in [-0.05, 0) is 18.2 Å². The maximum absolute atomic E-state index is 11.9. The molecule has 0 saturated heterocycles. The van der Waals surface area contributed by atoms with Crippen LogP contribution in [0.25, 0.3) is 0 Å². The van der Waals surface area contributed by atoms with E-state index in [0.29, 0.717) is 27.4 Å². The number of likely N-dealkylation sites (N-methyl/N-ethyl adjacent to an activating group) is 1. The number of benzene rings is 1. The van der Waals surface area contributed by atoms with Gasteiger partial charge in [-0.1, -0.05) is 23.2 Å². The van der Waals surface area contributed by atoms with Crippen LogP contribution in [0.4, 0.5) is 10.8 Å². The number of hydrogen-bond donors (Lipinski definition) is 3. The molecule has 0 aliphatic carbocycles. The molecule has 1 aromatic heterocycles. The largest absolute Gasteiger partial charge is 0.345 e. The Morgan fingerprint density at radius 3 is 2.77 bits per heavy atom. The zero-order chi connectivity index (χ0) is 16.1. The van der Waals surface area contributed by atoms with Gasteiger partial charge >= 0.3 is 0 Å². The lowest BCUT2D eigenvalue weighted by Crippen LogP contribution is -3.06. The molecule has 0 spiro atoms. The van der Waals surface area contributed by atoms with Crippen LogP contribution in [0.2, 0.25) is 10.0 Å². The van der Waals surface area contributed by atoms with Crippen LogP contribution in [-0.4, -0.2) is 38.1 Å². The number of quaternary nitrogens is 1. The minimum atomic E-state index is -0.167. The maximum Gasteiger partial charge on any atom is 0.271 e. The number of rotatable bonds is 6. The number of carbonyl (C=O) groups is 1. The van der Waals surface area contributed by atoms with Crippen molar-refractivity contribution >= 4 is 51.3 Å². The summed E-state index contributed by atoms with van der Waals surface area (Å²) in [5.41, 5.74) is 1.17. The molecule has 3 N–H and O–H groups in total. The van der Waals surface area contributed by atoms with E-state index in [1.165, 1.54) is 16.2 Å². The molecule has 22 heavy (non-hydrogen) atoms. The molecule has 1 amide bonds. The number of anilines is 2. The summed E-state index contributed by atoms with van der Waals surface area (Å²) in [4.78, 5) is 17.5. The zero-order valence-electron chi connectivity index (χ0n) is 12.2. The van der Waals surface area contributed by atoms with Gasteiger partial charge in [-0.15, -0.1) is 11.3 Å². The SMILES string of the molecule is C[NH+](C)CCNC(=O)c1csc(Nc2ccc(Cl)c(Cl)c2)n1. The quantitative estimate of drug-likeness (QED) is 0.739. The minimum Gasteiger partial charge on any atom is -0.345 e. The summed E-state index contributed by atoms with van der Waals surface area (Å²) in [5, 5.41) is 9.25. The standard InChI is InChI=1S/C14H16Cl2N4OS/c1-20(2)6-5-17-13(21)12-8-22-14(19-12)18-9-3-4-10(15)11(16)7-9/h3-4,7-8H,5-6H2,1-2H3,(H,17,21)(H,18,19)/p+1. The second-order valence-corrected chi connectivity index (χ2v) is 6.68. The molecule has 0 fully saturated rings. The average Bonchev–Trinajstić information content (AvgIpc) is 2.91. The van der Waals surface area contributed by atoms with Crippen LogP contribution in [0.1, 0.15) is 10.5 Å². The summed E-state index contributed by atoms with van der Waals surface area (Å²) in [6.07, 6.45) is 0. The van der Waals surface area contributed by atoms with E-state index >= 15 is 0 Å². The Balaban J connectivity index is 1.96. The van der Waals surface area contributed by atoms with Crippen molar-refractivity contribution in [2.45, 2.75) is 0 Å². The van der Waals surface area contributed by atoms with Crippen LogP contribution in [-0.2, 0) is 0 Å². The molecule has 5 nitrogen and oxygen atoms in total. The molecule has 0 bridgehead atoms. The molecular formula is C14H17Cl2N4OS+. The van der Waals surface area contributed by atoms with Crippen LogP contribution in [0.3, 0.4) is 0 Å². The summed E-state index contributed by atoms with van der Waals surface area (Å²) < 4.78 is 0. The number of nitrogens with one attached hydrogen (secondary N) is 3. The number of aromatic nitrogens is 1. The lowest BCUT2D eigenvalue weighted by atomic mass is 10.3. The van der Waals surface area contributed by atoms with Gasteiger partial charge in [0.25, 0.3) is 5.91 Å². The van der Waals surface area contributed by atoms with E-state index in [0.717, 1.165) is 12.2 Å². The van der Waals surface area contributed by atoms with Crippen LogP contribution < -0.4 is 15.5 Å². The first-order valence-corrected chi connectivity index (χ1v) is 8.34. The van der Waals surface area contributed by atoms with Crippen LogP contribution in [0.15, 0.2) is 23.6 Å². The topological polar surface area (TPSA) is 58.5 Å². The third-order valence-electron chi connectivity index (χ3n) is 2.82. The first-order chi connectivity index (χ1) is 10.5. The number of amides is 1. The van der Waals surface area contributed by atoms with Crippen molar-refractivity contribution in [3.05, 3.63) is 39.3 Å². The molecule has 2 rings (SSSR count). The molecule has 2 aromatic rings. The molecule has 0 radical (unpaired) electrons. The van der Waals surface area contributed by atoms with Gasteiger partial charge in [-0.3, -0.25) is 4.79 Å². The summed E-state index contributed by atoms with van der Waals surface area (Å²) in [6, 6.07) is 5.22. The summed E-state index contributed by atoms with van der Waals surface area (Å²) in [5.74, 6) is -0.167. The predicted octanol–water partition coefficient (Wildman–Crippen LogP) is 2.07. The van der Waals surface area contributed by atoms with E-state index < -0.39 is 0 Å². The Hall–Kier alpha value is -1.34. The highest BCUT2D eigenvalue weighted by Crippen LogP contribution is 2.28. The van der Waals surface area contributed by atoms with E-state index in [1.54, 1.807) is 23.6 Å². The van der Waals surface area contributed by atoms with E-state index in [9.17, 15) is 4.79 Å². The molecule has 118 valence electrons. The van der Waals surface area contributed by atoms with Crippen molar-refractivity contribution < 1.29 is 9.69 Å². The molecule has 8 heteroatoms. The number of halogens is 2. The fourth-order valence-electron chi connectivity index (χ4n) is 1.65. The molecule has 1 heterocycles. The molecule has 0 atom stereocenters. The Bertz CT molecular complexity index is 660. The van der Waals surface area contributed by atoms with Crippen LogP contribution in [0.5, 0.6) is 0 Å². The fourth-order valence-corrected chi connectivity index (χ4v) is 2.66. The first kappa shape index (κ1) is 17.0. The Morgan fingerprint density at radius 2 is 2.09 bits per heavy atom. The molecule has 0 aliphatic rings. The van der Waals surface area contributed by atoms with Crippen molar-refractivity contribution in [3.63, 3.8) is 0 Å². The minimum absolute atomic E-state index is 0.167. The van der Waals surface area contributed by atoms with Gasteiger partial charge in [0.2, 0.25) is 0 Å². The van der Waals surface area contributed by atoms with E-state index in [1.807, 2.05) is 14.1 Å². The average molecular weight is 360 g/mol. The maximum atomic E-state index is 11.9. The number of thiazole rings is 1. The fraction of sp³-hybridized carbons (Fsp3) is 0.286. The number of carbonyl (C=O) groups excluding carboxylic acids is 1. The highest BCUT2D eigenvalue weighted by atomic mass is 35.5. The summed E-state index contributed by atoms with van der Waals surface area (Å²) in [7, 11) is 4.07. The third kappa shape index (κ3) is 4.84. The van der Waals surface area contributed by atoms with Gasteiger partial charge < -0.3 is 15.5 Å². The van der Waals surface area contributed by atoms with E-state index in [-0.39, 0.29) is 5.91 Å². The van der Waals surface area contributed by atoms with Gasteiger partial charge in [0.1, 0.15) is 5.69 Å². The number of nitrogens with zero attached hydrogens (tertiary/aromatic N) is 1. The first-order valence-electron chi connectivity index (χ1n) is 6.70. The van der Waals surface area contributed by atoms with Crippen molar-refractivity contribution in [2.24, 2.45) is 0 Å². The second-order valence-electron chi connectivity index (χ2n) is 5.00. The van der Waals surface area contributed by atoms with Crippen molar-refractivity contribution in [1.29, 1.82) is 0 Å². The van der Waals surface area contributed by atoms with Gasteiger partial charge in [0, 0.05) is 11.1 Å². The van der Waals surface area contributed by atoms with Crippen LogP contribution in [0, 0.1) is 0 Å². The van der Waals surface area contributed by atoms with Crippen molar-refractivity contribution in [1.82, 2.24) is 10.3 Å². The van der Waals surface area contributed by atoms with Gasteiger partial charge in [-0.25, -0.2) is 4.98 Å². The molecule has 0 aliphatic heterocycles. The molecule has 0 saturated carbocycles. The highest BCUT2D eigenvalue weighted by Gasteiger charge is 2.11. The van der Waals surface area contributed by atoms with E-state index in [2.05, 4.69) is 15.6 Å².